The van der Waals surface area contributed by atoms with Crippen molar-refractivity contribution in [3.8, 4) is 0 Å². The summed E-state index contributed by atoms with van der Waals surface area (Å²) in [5, 5.41) is 11.1. The summed E-state index contributed by atoms with van der Waals surface area (Å²) in [4.78, 5) is 23.0. The van der Waals surface area contributed by atoms with Gasteiger partial charge >= 0.3 is 12.0 Å². The second-order valence-corrected chi connectivity index (χ2v) is 4.69. The van der Waals surface area contributed by atoms with Crippen LogP contribution in [0.1, 0.15) is 6.92 Å². The zero-order valence-corrected chi connectivity index (χ0v) is 9.84. The van der Waals surface area contributed by atoms with Gasteiger partial charge in [0.15, 0.2) is 0 Å². The molecule has 0 aliphatic heterocycles. The van der Waals surface area contributed by atoms with Gasteiger partial charge in [-0.1, -0.05) is 0 Å². The Labute approximate surface area is 91.1 Å². The van der Waals surface area contributed by atoms with Gasteiger partial charge in [-0.15, -0.1) is 0 Å². The number of nitrogens with one attached hydrogen (secondary N) is 1. The van der Waals surface area contributed by atoms with E-state index < -0.39 is 28.8 Å². The molecular weight excluding hydrogens is 220 g/mol. The highest BCUT2D eigenvalue weighted by Crippen LogP contribution is 1.95. The zero-order valence-electron chi connectivity index (χ0n) is 9.02. The van der Waals surface area contributed by atoms with E-state index >= 15 is 0 Å². The first-order chi connectivity index (χ1) is 6.86. The van der Waals surface area contributed by atoms with Crippen LogP contribution < -0.4 is 5.32 Å². The summed E-state index contributed by atoms with van der Waals surface area (Å²) < 4.78 is 10.7. The number of hydrogen-bond donors (Lipinski definition) is 2. The van der Waals surface area contributed by atoms with Gasteiger partial charge in [-0.3, -0.25) is 4.21 Å². The van der Waals surface area contributed by atoms with Crippen LogP contribution in [0.4, 0.5) is 4.79 Å². The minimum absolute atomic E-state index is 0.276. The fourth-order valence-corrected chi connectivity index (χ4v) is 1.16. The van der Waals surface area contributed by atoms with E-state index in [2.05, 4.69) is 5.32 Å². The number of carbonyl (C=O) groups excluding carboxylic acids is 1. The summed E-state index contributed by atoms with van der Waals surface area (Å²) in [5.74, 6) is -0.701. The van der Waals surface area contributed by atoms with Gasteiger partial charge in [0.25, 0.3) is 0 Å². The topological polar surface area (TPSA) is 86.7 Å². The van der Waals surface area contributed by atoms with Crippen molar-refractivity contribution in [3.63, 3.8) is 0 Å². The Hall–Kier alpha value is -1.11. The third kappa shape index (κ3) is 5.36. The molecule has 0 aliphatic carbocycles. The summed E-state index contributed by atoms with van der Waals surface area (Å²) in [6, 6.07) is -1.35. The lowest BCUT2D eigenvalue weighted by Crippen LogP contribution is -2.46. The lowest BCUT2D eigenvalue weighted by molar-refractivity contribution is -0.141. The normalized spacial score (nSPS) is 14.1. The molecular formula is C8H16N2O4S. The van der Waals surface area contributed by atoms with E-state index in [1.165, 1.54) is 20.2 Å². The Kier molecular flexibility index (Phi) is 5.92. The van der Waals surface area contributed by atoms with Crippen LogP contribution in [0.15, 0.2) is 0 Å². The molecule has 15 heavy (non-hydrogen) atoms. The second-order valence-electron chi connectivity index (χ2n) is 3.13. The monoisotopic (exact) mass is 236 g/mol. The number of carboxylic acid groups (broad SMARTS) is 1. The fourth-order valence-electron chi connectivity index (χ4n) is 0.768. The summed E-state index contributed by atoms with van der Waals surface area (Å²) in [6.45, 7) is 1.69. The maximum atomic E-state index is 11.3. The van der Waals surface area contributed by atoms with Gasteiger partial charge in [0.05, 0.1) is 0 Å². The first-order valence-corrected chi connectivity index (χ1v) is 6.12. The van der Waals surface area contributed by atoms with Crippen molar-refractivity contribution < 1.29 is 18.9 Å². The predicted molar refractivity (Wildman–Crippen MR) is 57.2 cm³/mol. The number of amides is 2. The van der Waals surface area contributed by atoms with Gasteiger partial charge in [0.1, 0.15) is 6.04 Å². The molecule has 0 bridgehead atoms. The molecule has 2 amide bonds. The lowest BCUT2D eigenvalue weighted by Gasteiger charge is -2.21. The van der Waals surface area contributed by atoms with Crippen LogP contribution in [0.25, 0.3) is 0 Å². The first-order valence-electron chi connectivity index (χ1n) is 4.39. The highest BCUT2D eigenvalue weighted by Gasteiger charge is 2.20. The molecule has 88 valence electrons. The molecule has 0 aromatic rings. The Morgan fingerprint density at radius 1 is 1.53 bits per heavy atom. The van der Waals surface area contributed by atoms with Crippen LogP contribution in [0.5, 0.6) is 0 Å². The zero-order chi connectivity index (χ0) is 12.0. The van der Waals surface area contributed by atoms with Gasteiger partial charge in [-0.05, 0) is 6.92 Å². The smallest absolute Gasteiger partial charge is 0.326 e. The van der Waals surface area contributed by atoms with Crippen molar-refractivity contribution in [1.82, 2.24) is 10.2 Å². The number of urea groups is 1. The van der Waals surface area contributed by atoms with E-state index in [1.807, 2.05) is 0 Å². The summed E-state index contributed by atoms with van der Waals surface area (Å²) in [6.07, 6.45) is 1.54. The van der Waals surface area contributed by atoms with Crippen LogP contribution in [0, 0.1) is 0 Å². The average Bonchev–Trinajstić information content (AvgIpc) is 2.14. The summed E-state index contributed by atoms with van der Waals surface area (Å²) in [7, 11) is 0.436. The maximum Gasteiger partial charge on any atom is 0.326 e. The predicted octanol–water partition coefficient (Wildman–Crippen LogP) is -0.521. The van der Waals surface area contributed by atoms with Crippen molar-refractivity contribution in [2.75, 3.05) is 25.6 Å². The average molecular weight is 236 g/mol. The van der Waals surface area contributed by atoms with E-state index in [4.69, 9.17) is 5.11 Å². The van der Waals surface area contributed by atoms with E-state index in [-0.39, 0.29) is 6.54 Å². The number of hydrogen-bond acceptors (Lipinski definition) is 3. The molecule has 2 N–H and O–H groups in total. The van der Waals surface area contributed by atoms with Crippen molar-refractivity contribution in [1.29, 1.82) is 0 Å². The fraction of sp³-hybridized carbons (Fsp3) is 0.750. The number of carbonyl (C=O) groups is 2. The van der Waals surface area contributed by atoms with Gasteiger partial charge in [0, 0.05) is 36.4 Å². The SMILES string of the molecule is CC(C(=O)O)N(C)C(=O)NCCS(C)=O. The second kappa shape index (κ2) is 6.39. The highest BCUT2D eigenvalue weighted by molar-refractivity contribution is 7.84. The quantitative estimate of drug-likeness (QED) is 0.672. The van der Waals surface area contributed by atoms with Crippen molar-refractivity contribution >= 4 is 22.8 Å². The Bertz CT molecular complexity index is 269. The Morgan fingerprint density at radius 3 is 2.47 bits per heavy atom. The Morgan fingerprint density at radius 2 is 2.07 bits per heavy atom. The van der Waals surface area contributed by atoms with Crippen molar-refractivity contribution in [2.24, 2.45) is 0 Å². The third-order valence-corrected chi connectivity index (χ3v) is 2.70. The molecule has 0 spiro atoms. The molecule has 0 aromatic carbocycles. The van der Waals surface area contributed by atoms with Crippen LogP contribution in [0.3, 0.4) is 0 Å². The molecule has 0 heterocycles. The largest absolute Gasteiger partial charge is 0.480 e. The van der Waals surface area contributed by atoms with E-state index in [0.29, 0.717) is 5.75 Å². The van der Waals surface area contributed by atoms with Gasteiger partial charge < -0.3 is 15.3 Å². The summed E-state index contributed by atoms with van der Waals surface area (Å²) >= 11 is 0. The number of rotatable bonds is 5. The van der Waals surface area contributed by atoms with E-state index in [9.17, 15) is 13.8 Å². The van der Waals surface area contributed by atoms with Crippen molar-refractivity contribution in [3.05, 3.63) is 0 Å². The molecule has 0 aromatic heterocycles. The molecule has 0 fully saturated rings. The number of aliphatic carboxylic acids is 1. The number of carboxylic acids is 1. The number of nitrogens with zero attached hydrogens (tertiary/aromatic N) is 1. The molecule has 0 radical (unpaired) electrons. The molecule has 2 atom stereocenters. The molecule has 6 nitrogen and oxygen atoms in total. The first kappa shape index (κ1) is 13.9. The molecule has 7 heteroatoms. The van der Waals surface area contributed by atoms with E-state index in [1.54, 1.807) is 0 Å². The van der Waals surface area contributed by atoms with Gasteiger partial charge in [-0.2, -0.15) is 0 Å². The van der Waals surface area contributed by atoms with Crippen molar-refractivity contribution in [2.45, 2.75) is 13.0 Å². The minimum Gasteiger partial charge on any atom is -0.480 e. The van der Waals surface area contributed by atoms with E-state index in [0.717, 1.165) is 4.90 Å². The van der Waals surface area contributed by atoms with Gasteiger partial charge in [0.2, 0.25) is 0 Å². The number of likely N-dealkylation sites (N-methyl/N-ethyl adjacent to an activating group) is 1. The minimum atomic E-state index is -1.06. The third-order valence-electron chi connectivity index (χ3n) is 1.92. The molecule has 0 aliphatic rings. The molecule has 0 saturated carbocycles. The molecule has 0 saturated heterocycles. The Balaban J connectivity index is 3.99. The van der Waals surface area contributed by atoms with Crippen LogP contribution in [0.2, 0.25) is 0 Å². The lowest BCUT2D eigenvalue weighted by atomic mass is 10.3. The molecule has 2 unspecified atom stereocenters. The van der Waals surface area contributed by atoms with Gasteiger partial charge in [-0.25, -0.2) is 9.59 Å². The van der Waals surface area contributed by atoms with Crippen LogP contribution in [-0.2, 0) is 15.6 Å². The standard InChI is InChI=1S/C8H16N2O4S/c1-6(7(11)12)10(2)8(13)9-4-5-15(3)14/h6H,4-5H2,1-3H3,(H,9,13)(H,11,12). The van der Waals surface area contributed by atoms with Crippen LogP contribution >= 0.6 is 0 Å². The molecule has 0 rings (SSSR count). The maximum absolute atomic E-state index is 11.3. The van der Waals surface area contributed by atoms with Crippen LogP contribution in [-0.4, -0.2) is 57.9 Å². The summed E-state index contributed by atoms with van der Waals surface area (Å²) in [5.41, 5.74) is 0. The highest BCUT2D eigenvalue weighted by atomic mass is 32.2.